The molecule has 2 aromatic carbocycles. The van der Waals surface area contributed by atoms with Gasteiger partial charge in [-0.05, 0) is 48.9 Å². The van der Waals surface area contributed by atoms with E-state index in [0.717, 1.165) is 22.2 Å². The highest BCUT2D eigenvalue weighted by Gasteiger charge is 2.15. The van der Waals surface area contributed by atoms with Crippen molar-refractivity contribution in [3.63, 3.8) is 0 Å². The zero-order valence-corrected chi connectivity index (χ0v) is 11.5. The minimum Gasteiger partial charge on any atom is -0.497 e. The Bertz CT molecular complexity index is 626. The molecule has 0 atom stereocenters. The average molecular weight is 254 g/mol. The van der Waals surface area contributed by atoms with Gasteiger partial charge in [0.15, 0.2) is 0 Å². The zero-order valence-electron chi connectivity index (χ0n) is 11.5. The van der Waals surface area contributed by atoms with Gasteiger partial charge in [-0.3, -0.25) is 0 Å². The first-order valence-corrected chi connectivity index (χ1v) is 6.27. The van der Waals surface area contributed by atoms with Crippen LogP contribution in [0.5, 0.6) is 5.75 Å². The molecule has 0 aromatic heterocycles. The van der Waals surface area contributed by atoms with Crippen LogP contribution in [0.4, 0.5) is 5.69 Å². The van der Waals surface area contributed by atoms with Gasteiger partial charge < -0.3 is 10.1 Å². The Morgan fingerprint density at radius 2 is 1.84 bits per heavy atom. The Morgan fingerprint density at radius 3 is 2.53 bits per heavy atom. The summed E-state index contributed by atoms with van der Waals surface area (Å²) in [5.41, 5.74) is 0.662. The average Bonchev–Trinajstić information content (AvgIpc) is 2.44. The van der Waals surface area contributed by atoms with Crippen molar-refractivity contribution in [1.29, 1.82) is 5.26 Å². The van der Waals surface area contributed by atoms with E-state index in [4.69, 9.17) is 10.00 Å². The fraction of sp³-hybridized carbons (Fsp3) is 0.312. The summed E-state index contributed by atoms with van der Waals surface area (Å²) in [7, 11) is 1.67. The lowest BCUT2D eigenvalue weighted by Crippen LogP contribution is -2.20. The lowest BCUT2D eigenvalue weighted by atomic mass is 9.96. The third kappa shape index (κ3) is 3.17. The lowest BCUT2D eigenvalue weighted by molar-refractivity contribution is 0.415. The Labute approximate surface area is 113 Å². The summed E-state index contributed by atoms with van der Waals surface area (Å²) in [4.78, 5) is 0. The van der Waals surface area contributed by atoms with Crippen LogP contribution in [0.3, 0.4) is 0 Å². The molecule has 0 heterocycles. The van der Waals surface area contributed by atoms with E-state index >= 15 is 0 Å². The Morgan fingerprint density at radius 1 is 1.16 bits per heavy atom. The molecule has 0 amide bonds. The van der Waals surface area contributed by atoms with Crippen LogP contribution in [0.2, 0.25) is 0 Å². The van der Waals surface area contributed by atoms with Crippen molar-refractivity contribution in [2.45, 2.75) is 13.8 Å². The van der Waals surface area contributed by atoms with Crippen molar-refractivity contribution < 1.29 is 4.74 Å². The highest BCUT2D eigenvalue weighted by atomic mass is 16.5. The minimum atomic E-state index is -0.366. The molecular weight excluding hydrogens is 236 g/mol. The molecule has 2 rings (SSSR count). The number of ether oxygens (including phenoxy) is 1. The van der Waals surface area contributed by atoms with Crippen LogP contribution in [-0.4, -0.2) is 13.7 Å². The summed E-state index contributed by atoms with van der Waals surface area (Å²) >= 11 is 0. The van der Waals surface area contributed by atoms with Crippen molar-refractivity contribution in [2.24, 2.45) is 5.41 Å². The van der Waals surface area contributed by atoms with Crippen LogP contribution in [0.15, 0.2) is 36.4 Å². The summed E-state index contributed by atoms with van der Waals surface area (Å²) in [5, 5.41) is 14.6. The van der Waals surface area contributed by atoms with Gasteiger partial charge in [-0.2, -0.15) is 5.26 Å². The Hall–Kier alpha value is -2.21. The van der Waals surface area contributed by atoms with Crippen molar-refractivity contribution >= 4 is 16.5 Å². The molecule has 0 spiro atoms. The van der Waals surface area contributed by atoms with E-state index in [9.17, 15) is 0 Å². The van der Waals surface area contributed by atoms with Gasteiger partial charge in [-0.15, -0.1) is 0 Å². The van der Waals surface area contributed by atoms with Crippen LogP contribution >= 0.6 is 0 Å². The van der Waals surface area contributed by atoms with Crippen molar-refractivity contribution in [3.8, 4) is 11.8 Å². The summed E-state index contributed by atoms with van der Waals surface area (Å²) in [6.07, 6.45) is 0. The van der Waals surface area contributed by atoms with Crippen molar-refractivity contribution in [3.05, 3.63) is 36.4 Å². The van der Waals surface area contributed by atoms with Gasteiger partial charge in [0.1, 0.15) is 5.75 Å². The van der Waals surface area contributed by atoms with Crippen LogP contribution in [0.1, 0.15) is 13.8 Å². The summed E-state index contributed by atoms with van der Waals surface area (Å²) in [6.45, 7) is 4.48. The molecule has 2 aromatic rings. The Balaban J connectivity index is 2.21. The molecule has 0 fully saturated rings. The first-order valence-electron chi connectivity index (χ1n) is 6.27. The number of rotatable bonds is 4. The van der Waals surface area contributed by atoms with E-state index in [-0.39, 0.29) is 5.41 Å². The fourth-order valence-electron chi connectivity index (χ4n) is 1.82. The first kappa shape index (κ1) is 13.2. The first-order chi connectivity index (χ1) is 9.04. The molecule has 0 radical (unpaired) electrons. The molecule has 0 bridgehead atoms. The number of fused-ring (bicyclic) bond motifs is 1. The second-order valence-corrected chi connectivity index (χ2v) is 5.28. The van der Waals surface area contributed by atoms with E-state index in [2.05, 4.69) is 23.5 Å². The fourth-order valence-corrected chi connectivity index (χ4v) is 1.82. The number of nitriles is 1. The number of nitrogens with one attached hydrogen (secondary N) is 1. The summed E-state index contributed by atoms with van der Waals surface area (Å²) < 4.78 is 5.21. The molecule has 0 unspecified atom stereocenters. The Kier molecular flexibility index (Phi) is 3.62. The number of hydrogen-bond donors (Lipinski definition) is 1. The maximum atomic E-state index is 9.00. The quantitative estimate of drug-likeness (QED) is 0.902. The highest BCUT2D eigenvalue weighted by molar-refractivity contribution is 5.86. The van der Waals surface area contributed by atoms with Crippen LogP contribution in [0.25, 0.3) is 10.8 Å². The van der Waals surface area contributed by atoms with E-state index in [0.29, 0.717) is 6.54 Å². The molecule has 0 aliphatic carbocycles. The molecule has 1 N–H and O–H groups in total. The van der Waals surface area contributed by atoms with Crippen molar-refractivity contribution in [1.82, 2.24) is 0 Å². The molecule has 0 aliphatic heterocycles. The summed E-state index contributed by atoms with van der Waals surface area (Å²) in [6, 6.07) is 14.4. The predicted molar refractivity (Wildman–Crippen MR) is 78.4 cm³/mol. The van der Waals surface area contributed by atoms with E-state index in [1.165, 1.54) is 0 Å². The number of benzene rings is 2. The van der Waals surface area contributed by atoms with Gasteiger partial charge in [0.2, 0.25) is 0 Å². The molecule has 0 aliphatic rings. The lowest BCUT2D eigenvalue weighted by Gasteiger charge is -2.17. The van der Waals surface area contributed by atoms with Crippen LogP contribution in [0, 0.1) is 16.7 Å². The molecular formula is C16H18N2O. The predicted octanol–water partition coefficient (Wildman–Crippen LogP) is 3.81. The SMILES string of the molecule is COc1ccc2cc(NCC(C)(C)C#N)ccc2c1. The molecule has 3 heteroatoms. The topological polar surface area (TPSA) is 45.0 Å². The third-order valence-electron chi connectivity index (χ3n) is 3.08. The number of methoxy groups -OCH3 is 1. The maximum absolute atomic E-state index is 9.00. The van der Waals surface area contributed by atoms with E-state index in [1.54, 1.807) is 7.11 Å². The number of nitrogens with zero attached hydrogens (tertiary/aromatic N) is 1. The van der Waals surface area contributed by atoms with Gasteiger partial charge in [-0.25, -0.2) is 0 Å². The molecule has 98 valence electrons. The largest absolute Gasteiger partial charge is 0.497 e. The normalized spacial score (nSPS) is 11.1. The minimum absolute atomic E-state index is 0.366. The van der Waals surface area contributed by atoms with Gasteiger partial charge in [-0.1, -0.05) is 12.1 Å². The van der Waals surface area contributed by atoms with Gasteiger partial charge in [0, 0.05) is 12.2 Å². The highest BCUT2D eigenvalue weighted by Crippen LogP contribution is 2.24. The smallest absolute Gasteiger partial charge is 0.119 e. The van der Waals surface area contributed by atoms with Gasteiger partial charge >= 0.3 is 0 Å². The standard InChI is InChI=1S/C16H18N2O/c1-16(2,10-17)11-18-14-6-4-13-9-15(19-3)7-5-12(13)8-14/h4-9,18H,11H2,1-3H3. The molecule has 0 saturated heterocycles. The monoisotopic (exact) mass is 254 g/mol. The van der Waals surface area contributed by atoms with Crippen molar-refractivity contribution in [2.75, 3.05) is 19.0 Å². The molecule has 0 saturated carbocycles. The number of anilines is 1. The van der Waals surface area contributed by atoms with E-state index < -0.39 is 0 Å². The molecule has 3 nitrogen and oxygen atoms in total. The van der Waals surface area contributed by atoms with Crippen LogP contribution in [-0.2, 0) is 0 Å². The third-order valence-corrected chi connectivity index (χ3v) is 3.08. The van der Waals surface area contributed by atoms with Gasteiger partial charge in [0.25, 0.3) is 0 Å². The maximum Gasteiger partial charge on any atom is 0.119 e. The second-order valence-electron chi connectivity index (χ2n) is 5.28. The van der Waals surface area contributed by atoms with E-state index in [1.807, 2.05) is 38.1 Å². The summed E-state index contributed by atoms with van der Waals surface area (Å²) in [5.74, 6) is 0.860. The van der Waals surface area contributed by atoms with Crippen LogP contribution < -0.4 is 10.1 Å². The zero-order chi connectivity index (χ0) is 13.9. The number of hydrogen-bond acceptors (Lipinski definition) is 3. The molecule has 19 heavy (non-hydrogen) atoms. The second kappa shape index (κ2) is 5.19. The van der Waals surface area contributed by atoms with Gasteiger partial charge in [0.05, 0.1) is 18.6 Å².